The van der Waals surface area contributed by atoms with Gasteiger partial charge in [0.15, 0.2) is 0 Å². The van der Waals surface area contributed by atoms with Crippen molar-refractivity contribution < 1.29 is 14.3 Å². The molecule has 2 amide bonds. The van der Waals surface area contributed by atoms with Crippen molar-refractivity contribution in [3.63, 3.8) is 0 Å². The lowest BCUT2D eigenvalue weighted by atomic mass is 9.89. The SMILES string of the molecule is CCC(CCC(=O)NC1CCN(C(=O)COC(C)C)CC1)C(C)C. The summed E-state index contributed by atoms with van der Waals surface area (Å²) in [5.74, 6) is 1.46. The van der Waals surface area contributed by atoms with Gasteiger partial charge < -0.3 is 15.0 Å². The Kier molecular flexibility index (Phi) is 9.34. The molecular weight excluding hydrogens is 304 g/mol. The lowest BCUT2D eigenvalue weighted by Crippen LogP contribution is -2.47. The number of carbonyl (C=O) groups excluding carboxylic acids is 2. The molecule has 0 bridgehead atoms. The fourth-order valence-electron chi connectivity index (χ4n) is 3.23. The van der Waals surface area contributed by atoms with E-state index in [1.54, 1.807) is 0 Å². The number of likely N-dealkylation sites (tertiary alicyclic amines) is 1. The van der Waals surface area contributed by atoms with Crippen LogP contribution in [0.25, 0.3) is 0 Å². The molecule has 1 fully saturated rings. The van der Waals surface area contributed by atoms with Gasteiger partial charge in [-0.2, -0.15) is 0 Å². The molecule has 1 aliphatic rings. The Balaban J connectivity index is 2.25. The van der Waals surface area contributed by atoms with Crippen molar-refractivity contribution in [2.75, 3.05) is 19.7 Å². The minimum Gasteiger partial charge on any atom is -0.369 e. The second kappa shape index (κ2) is 10.7. The number of rotatable bonds is 9. The molecule has 5 nitrogen and oxygen atoms in total. The van der Waals surface area contributed by atoms with Crippen molar-refractivity contribution in [1.29, 1.82) is 0 Å². The molecule has 1 heterocycles. The van der Waals surface area contributed by atoms with Gasteiger partial charge in [0.25, 0.3) is 0 Å². The van der Waals surface area contributed by atoms with Crippen LogP contribution in [0.15, 0.2) is 0 Å². The third-order valence-corrected chi connectivity index (χ3v) is 4.96. The summed E-state index contributed by atoms with van der Waals surface area (Å²) in [4.78, 5) is 26.0. The van der Waals surface area contributed by atoms with Crippen LogP contribution in [0.3, 0.4) is 0 Å². The van der Waals surface area contributed by atoms with Gasteiger partial charge >= 0.3 is 0 Å². The van der Waals surface area contributed by atoms with E-state index in [1.807, 2.05) is 18.7 Å². The van der Waals surface area contributed by atoms with Gasteiger partial charge in [0.2, 0.25) is 11.8 Å². The van der Waals surface area contributed by atoms with Crippen molar-refractivity contribution in [3.8, 4) is 0 Å². The molecule has 140 valence electrons. The smallest absolute Gasteiger partial charge is 0.248 e. The number of nitrogens with zero attached hydrogens (tertiary/aromatic N) is 1. The van der Waals surface area contributed by atoms with Gasteiger partial charge in [0, 0.05) is 25.6 Å². The molecule has 0 spiro atoms. The molecule has 1 aliphatic heterocycles. The van der Waals surface area contributed by atoms with Crippen LogP contribution >= 0.6 is 0 Å². The van der Waals surface area contributed by atoms with Crippen LogP contribution in [0.2, 0.25) is 0 Å². The van der Waals surface area contributed by atoms with Gasteiger partial charge in [-0.05, 0) is 44.9 Å². The first kappa shape index (κ1) is 20.9. The fraction of sp³-hybridized carbons (Fsp3) is 0.895. The van der Waals surface area contributed by atoms with E-state index in [-0.39, 0.29) is 30.6 Å². The second-order valence-electron chi connectivity index (χ2n) is 7.53. The summed E-state index contributed by atoms with van der Waals surface area (Å²) < 4.78 is 5.37. The summed E-state index contributed by atoms with van der Waals surface area (Å²) in [5.41, 5.74) is 0. The third kappa shape index (κ3) is 7.65. The summed E-state index contributed by atoms with van der Waals surface area (Å²) in [6.45, 7) is 12.1. The van der Waals surface area contributed by atoms with E-state index in [0.717, 1.165) is 25.7 Å². The molecule has 1 unspecified atom stereocenters. The van der Waals surface area contributed by atoms with Crippen LogP contribution in [0.1, 0.15) is 66.7 Å². The van der Waals surface area contributed by atoms with Gasteiger partial charge in [0.05, 0.1) is 6.10 Å². The largest absolute Gasteiger partial charge is 0.369 e. The van der Waals surface area contributed by atoms with E-state index in [4.69, 9.17) is 4.74 Å². The zero-order valence-corrected chi connectivity index (χ0v) is 16.1. The summed E-state index contributed by atoms with van der Waals surface area (Å²) in [7, 11) is 0. The summed E-state index contributed by atoms with van der Waals surface area (Å²) >= 11 is 0. The van der Waals surface area contributed by atoms with Crippen LogP contribution in [-0.4, -0.2) is 48.6 Å². The first-order chi connectivity index (χ1) is 11.3. The highest BCUT2D eigenvalue weighted by molar-refractivity contribution is 5.78. The Morgan fingerprint density at radius 1 is 1.17 bits per heavy atom. The first-order valence-corrected chi connectivity index (χ1v) is 9.52. The van der Waals surface area contributed by atoms with Crippen LogP contribution in [0, 0.1) is 11.8 Å². The molecule has 0 radical (unpaired) electrons. The highest BCUT2D eigenvalue weighted by atomic mass is 16.5. The van der Waals surface area contributed by atoms with E-state index in [0.29, 0.717) is 31.3 Å². The van der Waals surface area contributed by atoms with Gasteiger partial charge in [-0.3, -0.25) is 9.59 Å². The van der Waals surface area contributed by atoms with Gasteiger partial charge in [0.1, 0.15) is 6.61 Å². The van der Waals surface area contributed by atoms with Crippen molar-refractivity contribution in [1.82, 2.24) is 10.2 Å². The standard InChI is InChI=1S/C19H36N2O3/c1-6-16(14(2)3)7-8-18(22)20-17-9-11-21(12-10-17)19(23)13-24-15(4)5/h14-17H,6-13H2,1-5H3,(H,20,22). The lowest BCUT2D eigenvalue weighted by Gasteiger charge is -2.32. The van der Waals surface area contributed by atoms with Gasteiger partial charge in [-0.1, -0.05) is 27.2 Å². The Bertz CT molecular complexity index is 388. The molecule has 0 aromatic heterocycles. The van der Waals surface area contributed by atoms with E-state index in [1.165, 1.54) is 0 Å². The van der Waals surface area contributed by atoms with Gasteiger partial charge in [-0.15, -0.1) is 0 Å². The Morgan fingerprint density at radius 3 is 2.29 bits per heavy atom. The molecule has 24 heavy (non-hydrogen) atoms. The van der Waals surface area contributed by atoms with E-state index in [9.17, 15) is 9.59 Å². The predicted octanol–water partition coefficient (Wildman–Crippen LogP) is 2.98. The maximum absolute atomic E-state index is 12.1. The lowest BCUT2D eigenvalue weighted by molar-refractivity contribution is -0.138. The Labute approximate surface area is 147 Å². The van der Waals surface area contributed by atoms with Gasteiger partial charge in [-0.25, -0.2) is 0 Å². The molecular formula is C19H36N2O3. The molecule has 5 heteroatoms. The topological polar surface area (TPSA) is 58.6 Å². The number of nitrogens with one attached hydrogen (secondary N) is 1. The zero-order valence-electron chi connectivity index (χ0n) is 16.1. The van der Waals surface area contributed by atoms with Crippen molar-refractivity contribution >= 4 is 11.8 Å². The summed E-state index contributed by atoms with van der Waals surface area (Å²) in [6.07, 6.45) is 4.44. The zero-order chi connectivity index (χ0) is 18.1. The second-order valence-corrected chi connectivity index (χ2v) is 7.53. The molecule has 0 aromatic rings. The minimum absolute atomic E-state index is 0.0520. The molecule has 0 aliphatic carbocycles. The van der Waals surface area contributed by atoms with Crippen LogP contribution in [-0.2, 0) is 14.3 Å². The highest BCUT2D eigenvalue weighted by Gasteiger charge is 2.24. The average molecular weight is 341 g/mol. The maximum Gasteiger partial charge on any atom is 0.248 e. The average Bonchev–Trinajstić information content (AvgIpc) is 2.53. The number of amides is 2. The number of hydrogen-bond acceptors (Lipinski definition) is 3. The van der Waals surface area contributed by atoms with E-state index >= 15 is 0 Å². The van der Waals surface area contributed by atoms with Crippen molar-refractivity contribution in [3.05, 3.63) is 0 Å². The van der Waals surface area contributed by atoms with E-state index in [2.05, 4.69) is 26.1 Å². The Hall–Kier alpha value is -1.10. The number of ether oxygens (including phenoxy) is 1. The normalized spacial score (nSPS) is 17.4. The maximum atomic E-state index is 12.1. The number of carbonyl (C=O) groups is 2. The number of piperidine rings is 1. The molecule has 0 aromatic carbocycles. The minimum atomic E-state index is 0.0520. The quantitative estimate of drug-likeness (QED) is 0.702. The highest BCUT2D eigenvalue weighted by Crippen LogP contribution is 2.20. The van der Waals surface area contributed by atoms with Crippen LogP contribution in [0.5, 0.6) is 0 Å². The summed E-state index contributed by atoms with van der Waals surface area (Å²) in [6, 6.07) is 0.201. The van der Waals surface area contributed by atoms with Crippen molar-refractivity contribution in [2.45, 2.75) is 78.9 Å². The van der Waals surface area contributed by atoms with Crippen LogP contribution < -0.4 is 5.32 Å². The predicted molar refractivity (Wildman–Crippen MR) is 96.7 cm³/mol. The number of hydrogen-bond donors (Lipinski definition) is 1. The van der Waals surface area contributed by atoms with Crippen molar-refractivity contribution in [2.24, 2.45) is 11.8 Å². The third-order valence-electron chi connectivity index (χ3n) is 4.96. The van der Waals surface area contributed by atoms with Crippen LogP contribution in [0.4, 0.5) is 0 Å². The molecule has 1 N–H and O–H groups in total. The molecule has 1 saturated heterocycles. The van der Waals surface area contributed by atoms with E-state index < -0.39 is 0 Å². The first-order valence-electron chi connectivity index (χ1n) is 9.52. The summed E-state index contributed by atoms with van der Waals surface area (Å²) in [5, 5.41) is 3.14. The molecule has 0 saturated carbocycles. The molecule has 1 rings (SSSR count). The molecule has 1 atom stereocenters. The Morgan fingerprint density at radius 2 is 1.79 bits per heavy atom. The fourth-order valence-corrected chi connectivity index (χ4v) is 3.23. The monoisotopic (exact) mass is 340 g/mol.